The third-order valence-corrected chi connectivity index (χ3v) is 3.71. The van der Waals surface area contributed by atoms with Crippen molar-refractivity contribution in [2.45, 2.75) is 20.8 Å². The number of fused-ring (bicyclic) bond motifs is 1. The smallest absolute Gasteiger partial charge is 0.209 e. The fourth-order valence-corrected chi connectivity index (χ4v) is 2.79. The van der Waals surface area contributed by atoms with Crippen LogP contribution in [0.4, 0.5) is 5.69 Å². The topological polar surface area (TPSA) is 41.0 Å². The zero-order valence-corrected chi connectivity index (χ0v) is 10.1. The lowest BCUT2D eigenvalue weighted by Gasteiger charge is -2.05. The van der Waals surface area contributed by atoms with Crippen molar-refractivity contribution in [3.8, 4) is 6.07 Å². The van der Waals surface area contributed by atoms with Gasteiger partial charge in [0.25, 0.3) is 0 Å². The van der Waals surface area contributed by atoms with E-state index in [4.69, 9.17) is 11.8 Å². The molecule has 0 N–H and O–H groups in total. The number of nitrogens with zero attached hydrogens (tertiary/aromatic N) is 3. The van der Waals surface area contributed by atoms with Crippen molar-refractivity contribution in [1.82, 2.24) is 4.98 Å². The number of hydrogen-bond donors (Lipinski definition) is 0. The Kier molecular flexibility index (Phi) is 2.38. The minimum absolute atomic E-state index is 0.442. The van der Waals surface area contributed by atoms with Crippen molar-refractivity contribution in [3.63, 3.8) is 0 Å². The maximum atomic E-state index is 9.11. The Bertz CT molecular complexity index is 611. The second-order valence-electron chi connectivity index (χ2n) is 3.61. The van der Waals surface area contributed by atoms with Gasteiger partial charge in [-0.1, -0.05) is 0 Å². The van der Waals surface area contributed by atoms with Crippen molar-refractivity contribution in [3.05, 3.63) is 33.1 Å². The van der Waals surface area contributed by atoms with Crippen LogP contribution >= 0.6 is 11.3 Å². The molecule has 78 valence electrons. The molecule has 0 bridgehead atoms. The molecule has 1 heterocycles. The van der Waals surface area contributed by atoms with Gasteiger partial charge in [0, 0.05) is 0 Å². The normalized spacial score (nSPS) is 10.1. The number of aryl methyl sites for hydroxylation is 3. The van der Waals surface area contributed by atoms with Gasteiger partial charge in [-0.05, 0) is 31.9 Å². The molecule has 1 aromatic carbocycles. The SMILES string of the molecule is [C-]#[N+]c1c(C#N)c(C)c2sc(C)nc2c1C. The van der Waals surface area contributed by atoms with E-state index in [0.29, 0.717) is 11.3 Å². The van der Waals surface area contributed by atoms with Gasteiger partial charge in [-0.25, -0.2) is 9.83 Å². The van der Waals surface area contributed by atoms with E-state index in [-0.39, 0.29) is 0 Å². The summed E-state index contributed by atoms with van der Waals surface area (Å²) in [6, 6.07) is 2.12. The van der Waals surface area contributed by atoms with Crippen molar-refractivity contribution >= 4 is 27.2 Å². The molecule has 0 radical (unpaired) electrons. The quantitative estimate of drug-likeness (QED) is 0.645. The summed E-state index contributed by atoms with van der Waals surface area (Å²) in [4.78, 5) is 7.88. The fraction of sp³-hybridized carbons (Fsp3) is 0.250. The van der Waals surface area contributed by atoms with Gasteiger partial charge in [0.2, 0.25) is 5.69 Å². The summed E-state index contributed by atoms with van der Waals surface area (Å²) in [7, 11) is 0. The van der Waals surface area contributed by atoms with E-state index in [0.717, 1.165) is 26.4 Å². The van der Waals surface area contributed by atoms with Crippen LogP contribution in [-0.4, -0.2) is 4.98 Å². The molecule has 3 nitrogen and oxygen atoms in total. The van der Waals surface area contributed by atoms with Crippen LogP contribution in [0.25, 0.3) is 15.1 Å². The average Bonchev–Trinajstić information content (AvgIpc) is 2.65. The van der Waals surface area contributed by atoms with Crippen molar-refractivity contribution in [2.24, 2.45) is 0 Å². The Morgan fingerprint density at radius 1 is 1.31 bits per heavy atom. The first-order chi connectivity index (χ1) is 7.60. The van der Waals surface area contributed by atoms with Crippen LogP contribution in [0.5, 0.6) is 0 Å². The maximum absolute atomic E-state index is 9.11. The van der Waals surface area contributed by atoms with Crippen LogP contribution in [0.15, 0.2) is 0 Å². The van der Waals surface area contributed by atoms with Gasteiger partial charge in [-0.2, -0.15) is 5.26 Å². The predicted octanol–water partition coefficient (Wildman–Crippen LogP) is 3.64. The highest BCUT2D eigenvalue weighted by atomic mass is 32.1. The van der Waals surface area contributed by atoms with Crippen molar-refractivity contribution in [1.29, 1.82) is 5.26 Å². The minimum Gasteiger partial charge on any atom is -0.243 e. The van der Waals surface area contributed by atoms with Gasteiger partial charge in [0.05, 0.1) is 33.4 Å². The highest BCUT2D eigenvalue weighted by Gasteiger charge is 2.17. The first-order valence-electron chi connectivity index (χ1n) is 4.78. The lowest BCUT2D eigenvalue weighted by molar-refractivity contribution is 1.32. The first kappa shape index (κ1) is 10.6. The molecule has 0 spiro atoms. The Labute approximate surface area is 97.8 Å². The van der Waals surface area contributed by atoms with Crippen LogP contribution in [0.3, 0.4) is 0 Å². The van der Waals surface area contributed by atoms with Crippen LogP contribution in [0.2, 0.25) is 0 Å². The molecule has 0 aliphatic heterocycles. The third-order valence-electron chi connectivity index (χ3n) is 2.62. The molecule has 0 saturated carbocycles. The predicted molar refractivity (Wildman–Crippen MR) is 64.8 cm³/mol. The second-order valence-corrected chi connectivity index (χ2v) is 4.81. The first-order valence-corrected chi connectivity index (χ1v) is 5.59. The standard InChI is InChI=1S/C12H9N3S/c1-6-9(5-13)10(14-4)7(2)11-12(6)16-8(3)15-11/h1-3H3. The lowest BCUT2D eigenvalue weighted by Crippen LogP contribution is -1.88. The number of hydrogen-bond acceptors (Lipinski definition) is 3. The van der Waals surface area contributed by atoms with Crippen LogP contribution < -0.4 is 0 Å². The van der Waals surface area contributed by atoms with E-state index in [1.54, 1.807) is 11.3 Å². The molecule has 0 amide bonds. The van der Waals surface area contributed by atoms with E-state index in [1.807, 2.05) is 20.8 Å². The Hall–Kier alpha value is -1.91. The molecule has 16 heavy (non-hydrogen) atoms. The fourth-order valence-electron chi connectivity index (χ4n) is 1.80. The molecule has 2 rings (SSSR count). The van der Waals surface area contributed by atoms with Gasteiger partial charge in [-0.15, -0.1) is 11.3 Å². The Morgan fingerprint density at radius 3 is 2.56 bits per heavy atom. The summed E-state index contributed by atoms with van der Waals surface area (Å²) in [6.07, 6.45) is 0. The van der Waals surface area contributed by atoms with E-state index in [2.05, 4.69) is 15.9 Å². The van der Waals surface area contributed by atoms with Crippen LogP contribution in [0, 0.1) is 38.7 Å². The molecule has 0 aliphatic rings. The molecule has 0 aliphatic carbocycles. The van der Waals surface area contributed by atoms with E-state index in [1.165, 1.54) is 0 Å². The monoisotopic (exact) mass is 227 g/mol. The molecule has 0 unspecified atom stereocenters. The van der Waals surface area contributed by atoms with Crippen molar-refractivity contribution in [2.75, 3.05) is 0 Å². The summed E-state index contributed by atoms with van der Waals surface area (Å²) < 4.78 is 1.03. The van der Waals surface area contributed by atoms with Crippen LogP contribution in [0.1, 0.15) is 21.7 Å². The largest absolute Gasteiger partial charge is 0.243 e. The summed E-state index contributed by atoms with van der Waals surface area (Å²) in [5.74, 6) is 0. The number of aromatic nitrogens is 1. The Morgan fingerprint density at radius 2 is 2.00 bits per heavy atom. The number of thiazole rings is 1. The highest BCUT2D eigenvalue weighted by Crippen LogP contribution is 2.37. The molecular formula is C12H9N3S. The van der Waals surface area contributed by atoms with Crippen LogP contribution in [-0.2, 0) is 0 Å². The van der Waals surface area contributed by atoms with Gasteiger partial charge in [-0.3, -0.25) is 0 Å². The molecule has 0 saturated heterocycles. The minimum atomic E-state index is 0.442. The Balaban J connectivity index is 3.07. The number of nitriles is 1. The molecule has 4 heteroatoms. The molecular weight excluding hydrogens is 218 g/mol. The second kappa shape index (κ2) is 3.59. The molecule has 2 aromatic rings. The van der Waals surface area contributed by atoms with Gasteiger partial charge < -0.3 is 0 Å². The van der Waals surface area contributed by atoms with E-state index in [9.17, 15) is 0 Å². The molecule has 0 fully saturated rings. The number of benzene rings is 1. The average molecular weight is 227 g/mol. The molecule has 1 aromatic heterocycles. The third kappa shape index (κ3) is 1.28. The van der Waals surface area contributed by atoms with E-state index >= 15 is 0 Å². The number of rotatable bonds is 0. The van der Waals surface area contributed by atoms with Gasteiger partial charge in [0.15, 0.2) is 0 Å². The zero-order chi connectivity index (χ0) is 11.9. The zero-order valence-electron chi connectivity index (χ0n) is 9.25. The van der Waals surface area contributed by atoms with Crippen molar-refractivity contribution < 1.29 is 0 Å². The lowest BCUT2D eigenvalue weighted by atomic mass is 10.0. The van der Waals surface area contributed by atoms with E-state index < -0.39 is 0 Å². The highest BCUT2D eigenvalue weighted by molar-refractivity contribution is 7.18. The summed E-state index contributed by atoms with van der Waals surface area (Å²) >= 11 is 1.58. The summed E-state index contributed by atoms with van der Waals surface area (Å²) in [6.45, 7) is 12.8. The van der Waals surface area contributed by atoms with Gasteiger partial charge in [0.1, 0.15) is 0 Å². The summed E-state index contributed by atoms with van der Waals surface area (Å²) in [5, 5.41) is 10.1. The van der Waals surface area contributed by atoms with Gasteiger partial charge >= 0.3 is 0 Å². The molecule has 0 atom stereocenters. The summed E-state index contributed by atoms with van der Waals surface area (Å²) in [5.41, 5.74) is 3.49. The maximum Gasteiger partial charge on any atom is 0.209 e.